The summed E-state index contributed by atoms with van der Waals surface area (Å²) >= 11 is 0. The summed E-state index contributed by atoms with van der Waals surface area (Å²) in [7, 11) is 0. The Bertz CT molecular complexity index is 273. The van der Waals surface area contributed by atoms with Gasteiger partial charge in [0.25, 0.3) is 0 Å². The van der Waals surface area contributed by atoms with Crippen molar-refractivity contribution in [3.05, 3.63) is 12.2 Å². The Hall–Kier alpha value is -1.03. The largest absolute Gasteiger partial charge is 0.444 e. The molecule has 1 rings (SSSR count). The molecule has 0 aromatic carbocycles. The number of allylic oxidation sites excluding steroid dienone is 1. The molecule has 1 aliphatic heterocycles. The van der Waals surface area contributed by atoms with Crippen LogP contribution in [0.15, 0.2) is 12.2 Å². The Morgan fingerprint density at radius 1 is 1.41 bits per heavy atom. The third-order valence-corrected chi connectivity index (χ3v) is 2.70. The summed E-state index contributed by atoms with van der Waals surface area (Å²) in [5, 5.41) is 8.69. The summed E-state index contributed by atoms with van der Waals surface area (Å²) in [4.78, 5) is 13.5. The lowest BCUT2D eigenvalue weighted by molar-refractivity contribution is 0.0197. The normalized spacial score (nSPS) is 18.7. The Kier molecular flexibility index (Phi) is 5.00. The lowest BCUT2D eigenvalue weighted by atomic mass is 9.97. The van der Waals surface area contributed by atoms with E-state index in [0.717, 1.165) is 25.9 Å². The lowest BCUT2D eigenvalue weighted by Gasteiger charge is -2.32. The van der Waals surface area contributed by atoms with Gasteiger partial charge >= 0.3 is 6.09 Å². The van der Waals surface area contributed by atoms with Crippen LogP contribution in [0.5, 0.6) is 0 Å². The van der Waals surface area contributed by atoms with E-state index in [0.29, 0.717) is 5.92 Å². The molecular formula is C13H23NO3. The second-order valence-corrected chi connectivity index (χ2v) is 5.42. The van der Waals surface area contributed by atoms with Crippen LogP contribution in [0.2, 0.25) is 0 Å². The zero-order chi connectivity index (χ0) is 12.9. The number of aliphatic hydroxyl groups excluding tert-OH is 1. The fourth-order valence-electron chi connectivity index (χ4n) is 1.85. The molecule has 1 aliphatic rings. The van der Waals surface area contributed by atoms with Gasteiger partial charge in [-0.05, 0) is 39.5 Å². The second kappa shape index (κ2) is 6.05. The first-order valence-electron chi connectivity index (χ1n) is 6.18. The first-order valence-corrected chi connectivity index (χ1v) is 6.18. The number of piperidine rings is 1. The van der Waals surface area contributed by atoms with E-state index in [4.69, 9.17) is 9.84 Å². The first-order chi connectivity index (χ1) is 7.92. The van der Waals surface area contributed by atoms with Crippen molar-refractivity contribution in [2.45, 2.75) is 39.2 Å². The zero-order valence-corrected chi connectivity index (χ0v) is 11.0. The molecule has 98 valence electrons. The molecule has 0 saturated carbocycles. The van der Waals surface area contributed by atoms with Crippen LogP contribution in [0.1, 0.15) is 33.6 Å². The molecule has 0 bridgehead atoms. The number of nitrogens with zero attached hydrogens (tertiary/aromatic N) is 1. The van der Waals surface area contributed by atoms with Crippen LogP contribution in [-0.2, 0) is 4.74 Å². The predicted molar refractivity (Wildman–Crippen MR) is 66.8 cm³/mol. The summed E-state index contributed by atoms with van der Waals surface area (Å²) in [5.41, 5.74) is -0.426. The number of rotatable bonds is 2. The van der Waals surface area contributed by atoms with Crippen LogP contribution in [0.4, 0.5) is 4.79 Å². The second-order valence-electron chi connectivity index (χ2n) is 5.42. The Morgan fingerprint density at radius 2 is 2.00 bits per heavy atom. The van der Waals surface area contributed by atoms with Gasteiger partial charge in [-0.1, -0.05) is 12.2 Å². The summed E-state index contributed by atoms with van der Waals surface area (Å²) in [5.74, 6) is 0.473. The van der Waals surface area contributed by atoms with Gasteiger partial charge in [0.05, 0.1) is 6.61 Å². The molecular weight excluding hydrogens is 218 g/mol. The third-order valence-electron chi connectivity index (χ3n) is 2.70. The number of aliphatic hydroxyl groups is 1. The molecule has 1 heterocycles. The minimum Gasteiger partial charge on any atom is -0.444 e. The summed E-state index contributed by atoms with van der Waals surface area (Å²) in [6, 6.07) is 0. The molecule has 0 atom stereocenters. The minimum absolute atomic E-state index is 0.0896. The Balaban J connectivity index is 2.36. The Morgan fingerprint density at radius 3 is 2.47 bits per heavy atom. The summed E-state index contributed by atoms with van der Waals surface area (Å²) in [6.07, 6.45) is 5.47. The number of hydrogen-bond donors (Lipinski definition) is 1. The van der Waals surface area contributed by atoms with Gasteiger partial charge in [0.1, 0.15) is 5.60 Å². The van der Waals surface area contributed by atoms with E-state index in [1.807, 2.05) is 26.8 Å². The molecule has 0 aliphatic carbocycles. The monoisotopic (exact) mass is 241 g/mol. The highest BCUT2D eigenvalue weighted by Gasteiger charge is 2.25. The topological polar surface area (TPSA) is 49.8 Å². The maximum atomic E-state index is 11.8. The van der Waals surface area contributed by atoms with E-state index >= 15 is 0 Å². The average molecular weight is 241 g/mol. The molecule has 0 unspecified atom stereocenters. The molecule has 1 amide bonds. The van der Waals surface area contributed by atoms with E-state index in [1.54, 1.807) is 11.0 Å². The highest BCUT2D eigenvalue weighted by atomic mass is 16.6. The molecule has 4 heteroatoms. The molecule has 1 saturated heterocycles. The van der Waals surface area contributed by atoms with E-state index in [2.05, 4.69) is 0 Å². The number of hydrogen-bond acceptors (Lipinski definition) is 3. The fraction of sp³-hybridized carbons (Fsp3) is 0.769. The average Bonchev–Trinajstić information content (AvgIpc) is 2.24. The quantitative estimate of drug-likeness (QED) is 0.754. The van der Waals surface area contributed by atoms with Crippen molar-refractivity contribution >= 4 is 6.09 Å². The molecule has 0 spiro atoms. The van der Waals surface area contributed by atoms with E-state index in [-0.39, 0.29) is 12.7 Å². The standard InChI is InChI=1S/C13H23NO3/c1-13(2,3)17-12(16)14-8-6-11(7-9-14)5-4-10-15/h4-5,11,15H,6-10H2,1-3H3. The van der Waals surface area contributed by atoms with E-state index < -0.39 is 5.60 Å². The molecule has 0 aromatic rings. The van der Waals surface area contributed by atoms with Gasteiger partial charge < -0.3 is 14.7 Å². The van der Waals surface area contributed by atoms with Gasteiger partial charge in [0.2, 0.25) is 0 Å². The van der Waals surface area contributed by atoms with Crippen molar-refractivity contribution in [2.75, 3.05) is 19.7 Å². The number of ether oxygens (including phenoxy) is 1. The van der Waals surface area contributed by atoms with Gasteiger partial charge in [-0.3, -0.25) is 0 Å². The highest BCUT2D eigenvalue weighted by molar-refractivity contribution is 5.68. The maximum Gasteiger partial charge on any atom is 0.410 e. The Labute approximate surface area is 103 Å². The van der Waals surface area contributed by atoms with E-state index in [9.17, 15) is 4.79 Å². The molecule has 0 radical (unpaired) electrons. The number of likely N-dealkylation sites (tertiary alicyclic amines) is 1. The fourth-order valence-corrected chi connectivity index (χ4v) is 1.85. The molecule has 4 nitrogen and oxygen atoms in total. The van der Waals surface area contributed by atoms with Crippen LogP contribution in [0.25, 0.3) is 0 Å². The van der Waals surface area contributed by atoms with Crippen LogP contribution in [0, 0.1) is 5.92 Å². The van der Waals surface area contributed by atoms with Gasteiger partial charge in [-0.25, -0.2) is 4.79 Å². The van der Waals surface area contributed by atoms with Crippen LogP contribution >= 0.6 is 0 Å². The molecule has 1 N–H and O–H groups in total. The van der Waals surface area contributed by atoms with Crippen molar-refractivity contribution in [1.82, 2.24) is 4.90 Å². The smallest absolute Gasteiger partial charge is 0.410 e. The predicted octanol–water partition coefficient (Wildman–Crippen LogP) is 2.18. The maximum absolute atomic E-state index is 11.8. The first kappa shape index (κ1) is 14.0. The van der Waals surface area contributed by atoms with Gasteiger partial charge in [-0.2, -0.15) is 0 Å². The van der Waals surface area contributed by atoms with Crippen LogP contribution < -0.4 is 0 Å². The lowest BCUT2D eigenvalue weighted by Crippen LogP contribution is -2.41. The summed E-state index contributed by atoms with van der Waals surface area (Å²) in [6.45, 7) is 7.18. The molecule has 0 aromatic heterocycles. The van der Waals surface area contributed by atoms with Gasteiger partial charge in [0.15, 0.2) is 0 Å². The highest BCUT2D eigenvalue weighted by Crippen LogP contribution is 2.20. The zero-order valence-electron chi connectivity index (χ0n) is 11.0. The van der Waals surface area contributed by atoms with Crippen molar-refractivity contribution in [3.8, 4) is 0 Å². The van der Waals surface area contributed by atoms with Gasteiger partial charge in [0, 0.05) is 13.1 Å². The number of carbonyl (C=O) groups excluding carboxylic acids is 1. The van der Waals surface area contributed by atoms with Crippen molar-refractivity contribution < 1.29 is 14.6 Å². The van der Waals surface area contributed by atoms with Crippen molar-refractivity contribution in [2.24, 2.45) is 5.92 Å². The van der Waals surface area contributed by atoms with Gasteiger partial charge in [-0.15, -0.1) is 0 Å². The molecule has 17 heavy (non-hydrogen) atoms. The SMILES string of the molecule is CC(C)(C)OC(=O)N1CCC(C=CCO)CC1. The third kappa shape index (κ3) is 5.22. The number of amides is 1. The van der Waals surface area contributed by atoms with Crippen LogP contribution in [-0.4, -0.2) is 41.4 Å². The number of carbonyl (C=O) groups is 1. The summed E-state index contributed by atoms with van der Waals surface area (Å²) < 4.78 is 5.32. The molecule has 1 fully saturated rings. The van der Waals surface area contributed by atoms with E-state index in [1.165, 1.54) is 0 Å². The van der Waals surface area contributed by atoms with Crippen molar-refractivity contribution in [1.29, 1.82) is 0 Å². The van der Waals surface area contributed by atoms with Crippen LogP contribution in [0.3, 0.4) is 0 Å². The minimum atomic E-state index is -0.426. The van der Waals surface area contributed by atoms with Crippen molar-refractivity contribution in [3.63, 3.8) is 0 Å².